The highest BCUT2D eigenvalue weighted by Crippen LogP contribution is 2.35. The Balaban J connectivity index is 1.79. The first-order valence-electron chi connectivity index (χ1n) is 8.22. The summed E-state index contributed by atoms with van der Waals surface area (Å²) >= 11 is 3.11. The Morgan fingerprint density at radius 3 is 2.74 bits per heavy atom. The normalized spacial score (nSPS) is 11.1. The summed E-state index contributed by atoms with van der Waals surface area (Å²) in [6, 6.07) is 10.1. The van der Waals surface area contributed by atoms with Crippen molar-refractivity contribution in [3.05, 3.63) is 53.1 Å². The maximum atomic E-state index is 5.59. The van der Waals surface area contributed by atoms with E-state index < -0.39 is 0 Å². The number of methoxy groups -OCH3 is 1. The van der Waals surface area contributed by atoms with Crippen LogP contribution in [0.25, 0.3) is 16.4 Å². The molecule has 0 atom stereocenters. The number of aryl methyl sites for hydroxylation is 2. The Hall–Kier alpha value is -2.65. The third-order valence-electron chi connectivity index (χ3n) is 3.84. The van der Waals surface area contributed by atoms with Crippen LogP contribution in [-0.4, -0.2) is 32.1 Å². The van der Waals surface area contributed by atoms with Gasteiger partial charge in [0.15, 0.2) is 11.0 Å². The van der Waals surface area contributed by atoms with Crippen molar-refractivity contribution >= 4 is 23.1 Å². The van der Waals surface area contributed by atoms with Crippen LogP contribution < -0.4 is 4.74 Å². The fraction of sp³-hybridized carbons (Fsp3) is 0.222. The largest absolute Gasteiger partial charge is 0.495 e. The van der Waals surface area contributed by atoms with Gasteiger partial charge in [0.25, 0.3) is 0 Å². The second-order valence-corrected chi connectivity index (χ2v) is 7.69. The summed E-state index contributed by atoms with van der Waals surface area (Å²) in [5.74, 6) is 3.15. The highest BCUT2D eigenvalue weighted by molar-refractivity contribution is 7.98. The van der Waals surface area contributed by atoms with Crippen molar-refractivity contribution < 1.29 is 9.15 Å². The Morgan fingerprint density at radius 1 is 1.15 bits per heavy atom. The lowest BCUT2D eigenvalue weighted by molar-refractivity contribution is 0.412. The van der Waals surface area contributed by atoms with Gasteiger partial charge in [-0.05, 0) is 36.1 Å². The molecule has 0 aliphatic rings. The number of hydrogen-bond acceptors (Lipinski definition) is 8. The maximum Gasteiger partial charge on any atom is 0.226 e. The zero-order valence-electron chi connectivity index (χ0n) is 15.0. The van der Waals surface area contributed by atoms with E-state index in [2.05, 4.69) is 26.5 Å². The van der Waals surface area contributed by atoms with Gasteiger partial charge in [-0.2, -0.15) is 0 Å². The summed E-state index contributed by atoms with van der Waals surface area (Å²) < 4.78 is 13.1. The number of thioether (sulfide) groups is 1. The minimum atomic E-state index is 0.511. The van der Waals surface area contributed by atoms with Crippen molar-refractivity contribution in [1.82, 2.24) is 25.0 Å². The molecule has 0 radical (unpaired) electrons. The predicted octanol–water partition coefficient (Wildman–Crippen LogP) is 4.30. The van der Waals surface area contributed by atoms with Crippen LogP contribution in [0.1, 0.15) is 17.3 Å². The first-order chi connectivity index (χ1) is 13.2. The molecule has 0 spiro atoms. The van der Waals surface area contributed by atoms with Crippen LogP contribution in [0.2, 0.25) is 0 Å². The van der Waals surface area contributed by atoms with Crippen LogP contribution in [0.4, 0.5) is 0 Å². The molecule has 4 rings (SSSR count). The summed E-state index contributed by atoms with van der Waals surface area (Å²) in [4.78, 5) is 1.03. The van der Waals surface area contributed by atoms with Crippen molar-refractivity contribution in [3.63, 3.8) is 0 Å². The topological polar surface area (TPSA) is 78.9 Å². The molecule has 0 amide bonds. The van der Waals surface area contributed by atoms with Gasteiger partial charge in [0.2, 0.25) is 11.8 Å². The predicted molar refractivity (Wildman–Crippen MR) is 105 cm³/mol. The molecule has 3 aromatic heterocycles. The van der Waals surface area contributed by atoms with Gasteiger partial charge in [-0.3, -0.25) is 4.57 Å². The number of thiophene rings is 1. The molecular weight excluding hydrogens is 382 g/mol. The fourth-order valence-corrected chi connectivity index (χ4v) is 4.12. The standard InChI is InChI=1S/C18H17N5O2S2/c1-11-6-7-14(24-3)13(9-11)23-17(15-5-4-8-26-15)21-22-18(23)27-10-16-20-19-12(2)25-16/h4-9H,10H2,1-3H3. The Kier molecular flexibility index (Phi) is 4.95. The molecule has 4 aromatic rings. The van der Waals surface area contributed by atoms with Crippen LogP contribution >= 0.6 is 23.1 Å². The van der Waals surface area contributed by atoms with Gasteiger partial charge in [-0.15, -0.1) is 31.7 Å². The molecule has 0 saturated carbocycles. The van der Waals surface area contributed by atoms with Crippen LogP contribution in [0, 0.1) is 13.8 Å². The SMILES string of the molecule is COc1ccc(C)cc1-n1c(SCc2nnc(C)o2)nnc1-c1cccs1. The summed E-state index contributed by atoms with van der Waals surface area (Å²) in [5.41, 5.74) is 2.02. The van der Waals surface area contributed by atoms with E-state index in [4.69, 9.17) is 9.15 Å². The Labute approximate surface area is 164 Å². The molecule has 0 fully saturated rings. The van der Waals surface area contributed by atoms with Gasteiger partial charge in [0.05, 0.1) is 23.4 Å². The lowest BCUT2D eigenvalue weighted by atomic mass is 10.2. The van der Waals surface area contributed by atoms with Gasteiger partial charge in [0, 0.05) is 6.92 Å². The molecule has 0 aliphatic carbocycles. The first kappa shape index (κ1) is 17.7. The first-order valence-corrected chi connectivity index (χ1v) is 10.1. The third-order valence-corrected chi connectivity index (χ3v) is 5.62. The highest BCUT2D eigenvalue weighted by Gasteiger charge is 2.20. The second kappa shape index (κ2) is 7.53. The number of hydrogen-bond donors (Lipinski definition) is 0. The molecule has 3 heterocycles. The summed E-state index contributed by atoms with van der Waals surface area (Å²) in [7, 11) is 1.66. The number of nitrogens with zero attached hydrogens (tertiary/aromatic N) is 5. The van der Waals surface area contributed by atoms with E-state index >= 15 is 0 Å². The summed E-state index contributed by atoms with van der Waals surface area (Å²) in [6.45, 7) is 3.82. The zero-order valence-corrected chi connectivity index (χ0v) is 16.7. The minimum Gasteiger partial charge on any atom is -0.495 e. The average molecular weight is 400 g/mol. The zero-order chi connectivity index (χ0) is 18.8. The molecule has 0 unspecified atom stereocenters. The molecular formula is C18H17N5O2S2. The van der Waals surface area contributed by atoms with Crippen LogP contribution in [0.3, 0.4) is 0 Å². The molecule has 7 nitrogen and oxygen atoms in total. The van der Waals surface area contributed by atoms with Crippen molar-refractivity contribution in [3.8, 4) is 22.1 Å². The van der Waals surface area contributed by atoms with E-state index in [0.29, 0.717) is 17.5 Å². The lowest BCUT2D eigenvalue weighted by Crippen LogP contribution is -2.02. The number of aromatic nitrogens is 5. The fourth-order valence-electron chi connectivity index (χ4n) is 2.64. The minimum absolute atomic E-state index is 0.511. The smallest absolute Gasteiger partial charge is 0.226 e. The molecule has 0 bridgehead atoms. The monoisotopic (exact) mass is 399 g/mol. The van der Waals surface area contributed by atoms with Crippen molar-refractivity contribution in [2.75, 3.05) is 7.11 Å². The molecule has 1 aromatic carbocycles. The second-order valence-electron chi connectivity index (χ2n) is 5.80. The maximum absolute atomic E-state index is 5.59. The number of ether oxygens (including phenoxy) is 1. The Morgan fingerprint density at radius 2 is 2.04 bits per heavy atom. The van der Waals surface area contributed by atoms with Crippen LogP contribution in [0.5, 0.6) is 5.75 Å². The van der Waals surface area contributed by atoms with Gasteiger partial charge < -0.3 is 9.15 Å². The van der Waals surface area contributed by atoms with E-state index in [1.54, 1.807) is 25.4 Å². The molecule has 0 N–H and O–H groups in total. The van der Waals surface area contributed by atoms with E-state index in [1.807, 2.05) is 41.1 Å². The van der Waals surface area contributed by atoms with Gasteiger partial charge in [0.1, 0.15) is 5.75 Å². The van der Waals surface area contributed by atoms with E-state index in [0.717, 1.165) is 32.9 Å². The van der Waals surface area contributed by atoms with E-state index in [1.165, 1.54) is 11.8 Å². The van der Waals surface area contributed by atoms with E-state index in [9.17, 15) is 0 Å². The van der Waals surface area contributed by atoms with Crippen molar-refractivity contribution in [2.24, 2.45) is 0 Å². The molecule has 0 aliphatic heterocycles. The summed E-state index contributed by atoms with van der Waals surface area (Å²) in [5, 5.41) is 19.5. The summed E-state index contributed by atoms with van der Waals surface area (Å²) in [6.07, 6.45) is 0. The van der Waals surface area contributed by atoms with Crippen molar-refractivity contribution in [2.45, 2.75) is 24.8 Å². The lowest BCUT2D eigenvalue weighted by Gasteiger charge is -2.14. The van der Waals surface area contributed by atoms with Crippen molar-refractivity contribution in [1.29, 1.82) is 0 Å². The molecule has 0 saturated heterocycles. The highest BCUT2D eigenvalue weighted by atomic mass is 32.2. The third kappa shape index (κ3) is 3.60. The molecule has 9 heteroatoms. The van der Waals surface area contributed by atoms with Crippen LogP contribution in [-0.2, 0) is 5.75 Å². The van der Waals surface area contributed by atoms with Gasteiger partial charge >= 0.3 is 0 Å². The number of benzene rings is 1. The molecule has 27 heavy (non-hydrogen) atoms. The molecule has 138 valence electrons. The Bertz CT molecular complexity index is 1060. The number of rotatable bonds is 6. The van der Waals surface area contributed by atoms with Crippen LogP contribution in [0.15, 0.2) is 45.3 Å². The van der Waals surface area contributed by atoms with Gasteiger partial charge in [-0.25, -0.2) is 0 Å². The average Bonchev–Trinajstić information content (AvgIpc) is 3.40. The van der Waals surface area contributed by atoms with E-state index in [-0.39, 0.29) is 0 Å². The van der Waals surface area contributed by atoms with Gasteiger partial charge in [-0.1, -0.05) is 23.9 Å². The quantitative estimate of drug-likeness (QED) is 0.447.